The Morgan fingerprint density at radius 2 is 2.50 bits per heavy atom. The first kappa shape index (κ1) is 9.08. The van der Waals surface area contributed by atoms with E-state index in [9.17, 15) is 4.79 Å². The molecule has 1 aromatic rings. The molecule has 76 valence electrons. The highest BCUT2D eigenvalue weighted by molar-refractivity contribution is 5.61. The van der Waals surface area contributed by atoms with Crippen LogP contribution in [0.25, 0.3) is 0 Å². The minimum atomic E-state index is -0.628. The summed E-state index contributed by atoms with van der Waals surface area (Å²) < 4.78 is 19.7. The molecule has 2 heterocycles. The van der Waals surface area contributed by atoms with E-state index in [1.54, 1.807) is 12.3 Å². The highest BCUT2D eigenvalue weighted by atomic mass is 16.8. The lowest BCUT2D eigenvalue weighted by Crippen LogP contribution is -2.17. The number of ether oxygens (including phenoxy) is 3. The molecule has 5 heteroatoms. The summed E-state index contributed by atoms with van der Waals surface area (Å²) in [6, 6.07) is 3.61. The van der Waals surface area contributed by atoms with Gasteiger partial charge in [-0.1, -0.05) is 0 Å². The van der Waals surface area contributed by atoms with Gasteiger partial charge in [0.1, 0.15) is 19.0 Å². The molecule has 0 spiro atoms. The maximum Gasteiger partial charge on any atom is 0.508 e. The lowest BCUT2D eigenvalue weighted by atomic mass is 10.4. The van der Waals surface area contributed by atoms with E-state index in [4.69, 9.17) is 13.9 Å². The third kappa shape index (κ3) is 2.26. The molecule has 1 aliphatic heterocycles. The van der Waals surface area contributed by atoms with Gasteiger partial charge in [0.15, 0.2) is 6.10 Å². The first-order chi connectivity index (χ1) is 6.84. The van der Waals surface area contributed by atoms with Crippen molar-refractivity contribution in [1.29, 1.82) is 0 Å². The summed E-state index contributed by atoms with van der Waals surface area (Å²) >= 11 is 0. The molecule has 1 fully saturated rings. The van der Waals surface area contributed by atoms with Crippen molar-refractivity contribution in [1.82, 2.24) is 0 Å². The average molecular weight is 198 g/mol. The Morgan fingerprint density at radius 1 is 1.57 bits per heavy atom. The van der Waals surface area contributed by atoms with Gasteiger partial charge in [0.2, 0.25) is 0 Å². The van der Waals surface area contributed by atoms with Gasteiger partial charge in [-0.25, -0.2) is 4.79 Å². The summed E-state index contributed by atoms with van der Waals surface area (Å²) in [5.41, 5.74) is 0. The zero-order valence-electron chi connectivity index (χ0n) is 7.47. The van der Waals surface area contributed by atoms with E-state index in [2.05, 4.69) is 4.74 Å². The van der Waals surface area contributed by atoms with Gasteiger partial charge < -0.3 is 18.6 Å². The Morgan fingerprint density at radius 3 is 3.14 bits per heavy atom. The Kier molecular flexibility index (Phi) is 2.69. The molecule has 0 radical (unpaired) electrons. The van der Waals surface area contributed by atoms with E-state index >= 15 is 0 Å². The molecule has 1 aliphatic rings. The molecule has 2 rings (SSSR count). The standard InChI is InChI=1S/C9H10O5/c10-9-13-6-8(14-9)5-11-4-7-2-1-3-12-7/h1-3,8H,4-6H2. The predicted molar refractivity (Wildman–Crippen MR) is 44.6 cm³/mol. The van der Waals surface area contributed by atoms with E-state index in [0.717, 1.165) is 5.76 Å². The number of carbonyl (C=O) groups is 1. The largest absolute Gasteiger partial charge is 0.508 e. The number of carbonyl (C=O) groups excluding carboxylic acids is 1. The van der Waals surface area contributed by atoms with Crippen molar-refractivity contribution in [2.75, 3.05) is 13.2 Å². The van der Waals surface area contributed by atoms with Crippen LogP contribution >= 0.6 is 0 Å². The van der Waals surface area contributed by atoms with Crippen molar-refractivity contribution in [2.24, 2.45) is 0 Å². The molecule has 1 atom stereocenters. The summed E-state index contributed by atoms with van der Waals surface area (Å²) in [5.74, 6) is 0.746. The minimum absolute atomic E-state index is 0.261. The highest BCUT2D eigenvalue weighted by Crippen LogP contribution is 2.08. The SMILES string of the molecule is O=C1OCC(COCc2ccco2)O1. The molecule has 1 unspecified atom stereocenters. The lowest BCUT2D eigenvalue weighted by Gasteiger charge is -2.05. The van der Waals surface area contributed by atoms with Crippen molar-refractivity contribution in [3.8, 4) is 0 Å². The van der Waals surface area contributed by atoms with Crippen LogP contribution in [-0.2, 0) is 20.8 Å². The van der Waals surface area contributed by atoms with Crippen molar-refractivity contribution in [3.63, 3.8) is 0 Å². The Balaban J connectivity index is 1.66. The topological polar surface area (TPSA) is 57.9 Å². The van der Waals surface area contributed by atoms with Crippen LogP contribution < -0.4 is 0 Å². The van der Waals surface area contributed by atoms with Gasteiger partial charge in [-0.15, -0.1) is 0 Å². The zero-order valence-corrected chi connectivity index (χ0v) is 7.47. The number of furan rings is 1. The lowest BCUT2D eigenvalue weighted by molar-refractivity contribution is 0.0318. The summed E-state index contributed by atoms with van der Waals surface area (Å²) in [7, 11) is 0. The van der Waals surface area contributed by atoms with Crippen LogP contribution in [0, 0.1) is 0 Å². The van der Waals surface area contributed by atoms with Crippen LogP contribution in [-0.4, -0.2) is 25.5 Å². The van der Waals surface area contributed by atoms with Crippen molar-refractivity contribution < 1.29 is 23.4 Å². The van der Waals surface area contributed by atoms with Crippen molar-refractivity contribution >= 4 is 6.16 Å². The van der Waals surface area contributed by atoms with Crippen LogP contribution in [0.1, 0.15) is 5.76 Å². The van der Waals surface area contributed by atoms with E-state index in [1.165, 1.54) is 0 Å². The molecule has 0 bridgehead atoms. The predicted octanol–water partition coefficient (Wildman–Crippen LogP) is 1.33. The highest BCUT2D eigenvalue weighted by Gasteiger charge is 2.24. The van der Waals surface area contributed by atoms with E-state index in [0.29, 0.717) is 13.2 Å². The summed E-state index contributed by atoms with van der Waals surface area (Å²) in [5, 5.41) is 0. The molecule has 1 saturated heterocycles. The van der Waals surface area contributed by atoms with Crippen LogP contribution in [0.15, 0.2) is 22.8 Å². The number of hydrogen-bond donors (Lipinski definition) is 0. The third-order valence-corrected chi connectivity index (χ3v) is 1.78. The quantitative estimate of drug-likeness (QED) is 0.683. The smallest absolute Gasteiger partial charge is 0.467 e. The van der Waals surface area contributed by atoms with Gasteiger partial charge in [0.05, 0.1) is 12.9 Å². The van der Waals surface area contributed by atoms with Crippen LogP contribution in [0.2, 0.25) is 0 Å². The number of rotatable bonds is 4. The van der Waals surface area contributed by atoms with Crippen LogP contribution in [0.5, 0.6) is 0 Å². The Labute approximate surface area is 80.5 Å². The maximum atomic E-state index is 10.5. The molecule has 5 nitrogen and oxygen atoms in total. The normalized spacial score (nSPS) is 20.6. The molecular formula is C9H10O5. The summed E-state index contributed by atoms with van der Waals surface area (Å²) in [4.78, 5) is 10.5. The second-order valence-electron chi connectivity index (χ2n) is 2.90. The van der Waals surface area contributed by atoms with Crippen LogP contribution in [0.4, 0.5) is 4.79 Å². The molecule has 0 N–H and O–H groups in total. The Bertz CT molecular complexity index is 292. The zero-order chi connectivity index (χ0) is 9.80. The first-order valence-electron chi connectivity index (χ1n) is 4.28. The number of hydrogen-bond acceptors (Lipinski definition) is 5. The molecule has 0 amide bonds. The number of cyclic esters (lactones) is 2. The summed E-state index contributed by atoms with van der Waals surface area (Å²) in [6.45, 7) is 0.963. The van der Waals surface area contributed by atoms with Gasteiger partial charge in [0, 0.05) is 0 Å². The third-order valence-electron chi connectivity index (χ3n) is 1.78. The fraction of sp³-hybridized carbons (Fsp3) is 0.444. The first-order valence-corrected chi connectivity index (χ1v) is 4.28. The van der Waals surface area contributed by atoms with E-state index in [-0.39, 0.29) is 12.7 Å². The Hall–Kier alpha value is -1.49. The molecule has 1 aromatic heterocycles. The van der Waals surface area contributed by atoms with Gasteiger partial charge in [-0.3, -0.25) is 0 Å². The van der Waals surface area contributed by atoms with E-state index < -0.39 is 6.16 Å². The van der Waals surface area contributed by atoms with Gasteiger partial charge >= 0.3 is 6.16 Å². The molecule has 0 aromatic carbocycles. The summed E-state index contributed by atoms with van der Waals surface area (Å²) in [6.07, 6.45) is 0.659. The van der Waals surface area contributed by atoms with Gasteiger partial charge in [0.25, 0.3) is 0 Å². The average Bonchev–Trinajstić information content (AvgIpc) is 2.77. The molecule has 0 saturated carbocycles. The minimum Gasteiger partial charge on any atom is -0.467 e. The van der Waals surface area contributed by atoms with E-state index in [1.807, 2.05) is 6.07 Å². The fourth-order valence-corrected chi connectivity index (χ4v) is 1.13. The second kappa shape index (κ2) is 4.15. The van der Waals surface area contributed by atoms with Gasteiger partial charge in [-0.2, -0.15) is 0 Å². The molecular weight excluding hydrogens is 188 g/mol. The maximum absolute atomic E-state index is 10.5. The fourth-order valence-electron chi connectivity index (χ4n) is 1.13. The monoisotopic (exact) mass is 198 g/mol. The van der Waals surface area contributed by atoms with Crippen molar-refractivity contribution in [2.45, 2.75) is 12.7 Å². The van der Waals surface area contributed by atoms with Gasteiger partial charge in [-0.05, 0) is 12.1 Å². The van der Waals surface area contributed by atoms with Crippen LogP contribution in [0.3, 0.4) is 0 Å². The molecule has 14 heavy (non-hydrogen) atoms. The molecule has 0 aliphatic carbocycles. The second-order valence-corrected chi connectivity index (χ2v) is 2.90. The van der Waals surface area contributed by atoms with Crippen molar-refractivity contribution in [3.05, 3.63) is 24.2 Å².